The number of hydrogen-bond donors (Lipinski definition) is 3. The van der Waals surface area contributed by atoms with Gasteiger partial charge in [-0.2, -0.15) is 0 Å². The van der Waals surface area contributed by atoms with E-state index in [1.54, 1.807) is 0 Å². The Balaban J connectivity index is 4.03. The third-order valence-corrected chi connectivity index (χ3v) is 9.05. The lowest BCUT2D eigenvalue weighted by Gasteiger charge is -2.18. The summed E-state index contributed by atoms with van der Waals surface area (Å²) in [7, 11) is -4.78. The minimum atomic E-state index is -4.78. The molecule has 1 atom stereocenters. The molecule has 0 aromatic carbocycles. The van der Waals surface area contributed by atoms with Crippen LogP contribution in [0.3, 0.4) is 0 Å². The molecule has 0 aliphatic heterocycles. The summed E-state index contributed by atoms with van der Waals surface area (Å²) in [5.74, 6) is -0.972. The topological polar surface area (TPSA) is 140 Å². The van der Waals surface area contributed by atoms with Gasteiger partial charge in [-0.3, -0.25) is 14.1 Å². The van der Waals surface area contributed by atoms with Crippen molar-refractivity contribution in [2.75, 3.05) is 19.8 Å². The normalized spacial score (nSPS) is 13.1. The van der Waals surface area contributed by atoms with Gasteiger partial charge < -0.3 is 24.4 Å². The van der Waals surface area contributed by atoms with E-state index < -0.39 is 32.5 Å². The van der Waals surface area contributed by atoms with Crippen molar-refractivity contribution >= 4 is 19.8 Å². The van der Waals surface area contributed by atoms with Crippen molar-refractivity contribution in [3.63, 3.8) is 0 Å². The molecule has 0 fully saturated rings. The molecule has 0 spiro atoms. The molecule has 10 heteroatoms. The van der Waals surface area contributed by atoms with Crippen molar-refractivity contribution in [3.05, 3.63) is 60.8 Å². The average Bonchev–Trinajstić information content (AvgIpc) is 3.13. The number of carbonyl (C=O) groups excluding carboxylic acids is 2. The van der Waals surface area contributed by atoms with Crippen LogP contribution in [0.25, 0.3) is 0 Å². The summed E-state index contributed by atoms with van der Waals surface area (Å²) in [5.41, 5.74) is 0. The molecular weight excluding hydrogens is 691 g/mol. The number of ether oxygens (including phenoxy) is 2. The maximum Gasteiger partial charge on any atom is 0.469 e. The SMILES string of the molecule is CCCCCCCC/C=C\CCCCCCCCCC(=O)OC[C@H](COP(=O)(O)O)OC(=O)CCC/C=C\C/C=C\C/C=C\C/C=C\CCCCCO. The van der Waals surface area contributed by atoms with Crippen LogP contribution in [0.4, 0.5) is 0 Å². The number of carbonyl (C=O) groups is 2. The second-order valence-electron chi connectivity index (χ2n) is 13.7. The maximum absolute atomic E-state index is 12.4. The third-order valence-electron chi connectivity index (χ3n) is 8.56. The Morgan fingerprint density at radius 1 is 0.528 bits per heavy atom. The minimum Gasteiger partial charge on any atom is -0.462 e. The van der Waals surface area contributed by atoms with Gasteiger partial charge in [-0.15, -0.1) is 0 Å². The Morgan fingerprint density at radius 2 is 0.943 bits per heavy atom. The number of esters is 2. The summed E-state index contributed by atoms with van der Waals surface area (Å²) >= 11 is 0. The maximum atomic E-state index is 12.4. The van der Waals surface area contributed by atoms with Crippen LogP contribution in [0.5, 0.6) is 0 Å². The molecular formula is C43H75O9P. The van der Waals surface area contributed by atoms with Crippen LogP contribution in [0.2, 0.25) is 0 Å². The van der Waals surface area contributed by atoms with E-state index in [1.807, 2.05) is 12.2 Å². The van der Waals surface area contributed by atoms with E-state index in [1.165, 1.54) is 64.2 Å². The lowest BCUT2D eigenvalue weighted by Crippen LogP contribution is -2.29. The minimum absolute atomic E-state index is 0.123. The van der Waals surface area contributed by atoms with Crippen LogP contribution in [-0.4, -0.2) is 52.8 Å². The molecule has 0 bridgehead atoms. The number of phosphoric acid groups is 1. The number of phosphoric ester groups is 1. The summed E-state index contributed by atoms with van der Waals surface area (Å²) in [4.78, 5) is 42.8. The second kappa shape index (κ2) is 39.4. The quantitative estimate of drug-likeness (QED) is 0.0242. The first-order valence-electron chi connectivity index (χ1n) is 20.7. The van der Waals surface area contributed by atoms with E-state index in [0.29, 0.717) is 19.3 Å². The van der Waals surface area contributed by atoms with Crippen molar-refractivity contribution in [1.29, 1.82) is 0 Å². The molecule has 0 rings (SSSR count). The Bertz CT molecular complexity index is 1040. The Labute approximate surface area is 322 Å². The number of aliphatic hydroxyl groups is 1. The lowest BCUT2D eigenvalue weighted by molar-refractivity contribution is -0.161. The second-order valence-corrected chi connectivity index (χ2v) is 14.9. The predicted octanol–water partition coefficient (Wildman–Crippen LogP) is 11.5. The smallest absolute Gasteiger partial charge is 0.462 e. The Morgan fingerprint density at radius 3 is 1.45 bits per heavy atom. The highest BCUT2D eigenvalue weighted by molar-refractivity contribution is 7.46. The molecule has 0 radical (unpaired) electrons. The molecule has 53 heavy (non-hydrogen) atoms. The fourth-order valence-corrected chi connectivity index (χ4v) is 5.82. The van der Waals surface area contributed by atoms with Crippen LogP contribution in [0.15, 0.2) is 60.8 Å². The molecule has 0 unspecified atom stereocenters. The molecule has 0 aromatic rings. The molecule has 3 N–H and O–H groups in total. The zero-order valence-corrected chi connectivity index (χ0v) is 34.0. The van der Waals surface area contributed by atoms with Gasteiger partial charge in [0.25, 0.3) is 0 Å². The van der Waals surface area contributed by atoms with Gasteiger partial charge in [-0.1, -0.05) is 138 Å². The van der Waals surface area contributed by atoms with Gasteiger partial charge in [0.05, 0.1) is 6.61 Å². The van der Waals surface area contributed by atoms with Gasteiger partial charge in [0, 0.05) is 19.4 Å². The van der Waals surface area contributed by atoms with Crippen molar-refractivity contribution < 1.29 is 43.0 Å². The average molecular weight is 767 g/mol. The van der Waals surface area contributed by atoms with Gasteiger partial charge in [0.15, 0.2) is 6.10 Å². The lowest BCUT2D eigenvalue weighted by atomic mass is 10.1. The van der Waals surface area contributed by atoms with Crippen molar-refractivity contribution in [1.82, 2.24) is 0 Å². The molecule has 0 saturated heterocycles. The van der Waals surface area contributed by atoms with Crippen molar-refractivity contribution in [2.45, 2.75) is 180 Å². The Kier molecular flexibility index (Phi) is 37.7. The molecule has 0 saturated carbocycles. The van der Waals surface area contributed by atoms with Crippen molar-refractivity contribution in [3.8, 4) is 0 Å². The number of rotatable bonds is 38. The highest BCUT2D eigenvalue weighted by atomic mass is 31.2. The summed E-state index contributed by atoms with van der Waals surface area (Å²) in [6.07, 6.45) is 46.7. The number of aliphatic hydroxyl groups excluding tert-OH is 1. The summed E-state index contributed by atoms with van der Waals surface area (Å²) in [6, 6.07) is 0. The summed E-state index contributed by atoms with van der Waals surface area (Å²) < 4.78 is 26.3. The first-order chi connectivity index (χ1) is 25.8. The van der Waals surface area contributed by atoms with Gasteiger partial charge in [-0.05, 0) is 83.5 Å². The standard InChI is InChI=1S/C43H75O9P/c1-2-3-4-5-6-7-8-9-10-12-15-18-21-24-27-30-33-36-42(45)50-39-41(40-51-53(47,48)49)52-43(46)37-34-31-28-25-22-19-16-13-11-14-17-20-23-26-29-32-35-38-44/h9-11,14,16,19-20,23,25,28,41,44H,2-8,12-13,15,17-18,21-22,24,26-27,29-40H2,1H3,(H2,47,48,49)/b10-9-,14-11-,19-16-,23-20-,28-25-/t41-/m1/s1. The third kappa shape index (κ3) is 42.3. The van der Waals surface area contributed by atoms with E-state index in [-0.39, 0.29) is 26.1 Å². The first-order valence-corrected chi connectivity index (χ1v) is 22.2. The van der Waals surface area contributed by atoms with Gasteiger partial charge in [-0.25, -0.2) is 4.57 Å². The summed E-state index contributed by atoms with van der Waals surface area (Å²) in [5, 5.41) is 8.77. The van der Waals surface area contributed by atoms with Crippen molar-refractivity contribution in [2.24, 2.45) is 0 Å². The molecule has 0 aromatic heterocycles. The van der Waals surface area contributed by atoms with Crippen LogP contribution < -0.4 is 0 Å². The molecule has 9 nitrogen and oxygen atoms in total. The molecule has 0 heterocycles. The number of unbranched alkanes of at least 4 members (excludes halogenated alkanes) is 17. The zero-order valence-electron chi connectivity index (χ0n) is 33.1. The van der Waals surface area contributed by atoms with Gasteiger partial charge in [0.1, 0.15) is 6.61 Å². The molecule has 0 amide bonds. The van der Waals surface area contributed by atoms with Gasteiger partial charge in [0.2, 0.25) is 0 Å². The van der Waals surface area contributed by atoms with E-state index in [2.05, 4.69) is 60.1 Å². The fraction of sp³-hybridized carbons (Fsp3) is 0.721. The number of allylic oxidation sites excluding steroid dienone is 10. The number of hydrogen-bond acceptors (Lipinski definition) is 7. The molecule has 0 aliphatic rings. The van der Waals surface area contributed by atoms with Crippen LogP contribution in [0.1, 0.15) is 174 Å². The fourth-order valence-electron chi connectivity index (χ4n) is 5.46. The highest BCUT2D eigenvalue weighted by Gasteiger charge is 2.22. The molecule has 306 valence electrons. The van der Waals surface area contributed by atoms with E-state index in [9.17, 15) is 14.2 Å². The summed E-state index contributed by atoms with van der Waals surface area (Å²) in [6.45, 7) is 1.64. The van der Waals surface area contributed by atoms with E-state index in [0.717, 1.165) is 70.6 Å². The first kappa shape index (κ1) is 50.7. The van der Waals surface area contributed by atoms with Crippen LogP contribution in [0, 0.1) is 0 Å². The largest absolute Gasteiger partial charge is 0.469 e. The van der Waals surface area contributed by atoms with Crippen LogP contribution in [-0.2, 0) is 28.2 Å². The highest BCUT2D eigenvalue weighted by Crippen LogP contribution is 2.36. The van der Waals surface area contributed by atoms with E-state index in [4.69, 9.17) is 24.4 Å². The Hall–Kier alpha value is -2.29. The zero-order chi connectivity index (χ0) is 38.9. The molecule has 0 aliphatic carbocycles. The van der Waals surface area contributed by atoms with Gasteiger partial charge >= 0.3 is 19.8 Å². The predicted molar refractivity (Wildman–Crippen MR) is 217 cm³/mol. The monoisotopic (exact) mass is 767 g/mol. The van der Waals surface area contributed by atoms with Crippen LogP contribution >= 0.6 is 7.82 Å². The van der Waals surface area contributed by atoms with E-state index >= 15 is 0 Å².